The van der Waals surface area contributed by atoms with Gasteiger partial charge in [-0.2, -0.15) is 10.5 Å². The Hall–Kier alpha value is -3.36. The number of nitriles is 2. The van der Waals surface area contributed by atoms with Crippen molar-refractivity contribution in [2.45, 2.75) is 0 Å². The van der Waals surface area contributed by atoms with Crippen LogP contribution in [0, 0.1) is 22.7 Å². The molecule has 0 heterocycles. The molecule has 0 spiro atoms. The van der Waals surface area contributed by atoms with Crippen molar-refractivity contribution in [2.24, 2.45) is 0 Å². The molecule has 0 aromatic heterocycles. The second-order valence-corrected chi connectivity index (χ2v) is 4.96. The van der Waals surface area contributed by atoms with Crippen molar-refractivity contribution in [3.8, 4) is 34.4 Å². The minimum absolute atomic E-state index is 0.665. The van der Waals surface area contributed by atoms with Gasteiger partial charge in [-0.25, -0.2) is 0 Å². The highest BCUT2D eigenvalue weighted by molar-refractivity contribution is 5.71. The van der Waals surface area contributed by atoms with Crippen LogP contribution in [0.15, 0.2) is 72.8 Å². The SMILES string of the molecule is N#Cc1ccc(-c2ccc(-c3ccc(C#N)cc3)cc2)cc1. The van der Waals surface area contributed by atoms with Crippen LogP contribution in [-0.2, 0) is 0 Å². The van der Waals surface area contributed by atoms with Crippen molar-refractivity contribution in [2.75, 3.05) is 0 Å². The molecule has 3 aromatic carbocycles. The van der Waals surface area contributed by atoms with Crippen molar-refractivity contribution < 1.29 is 0 Å². The molecular weight excluding hydrogens is 268 g/mol. The normalized spacial score (nSPS) is 9.73. The average Bonchev–Trinajstić information content (AvgIpc) is 2.62. The fourth-order valence-corrected chi connectivity index (χ4v) is 2.33. The summed E-state index contributed by atoms with van der Waals surface area (Å²) in [4.78, 5) is 0. The van der Waals surface area contributed by atoms with Crippen molar-refractivity contribution in [3.05, 3.63) is 83.9 Å². The quantitative estimate of drug-likeness (QED) is 0.679. The Bertz CT molecular complexity index is 783. The molecule has 0 radical (unpaired) electrons. The van der Waals surface area contributed by atoms with Gasteiger partial charge in [-0.1, -0.05) is 48.5 Å². The van der Waals surface area contributed by atoms with Gasteiger partial charge >= 0.3 is 0 Å². The second kappa shape index (κ2) is 5.95. The first-order valence-corrected chi connectivity index (χ1v) is 6.91. The highest BCUT2D eigenvalue weighted by Crippen LogP contribution is 2.25. The van der Waals surface area contributed by atoms with E-state index in [1.165, 1.54) is 0 Å². The van der Waals surface area contributed by atoms with Crippen LogP contribution in [0.25, 0.3) is 22.3 Å². The van der Waals surface area contributed by atoms with Crippen molar-refractivity contribution in [3.63, 3.8) is 0 Å². The smallest absolute Gasteiger partial charge is 0.0991 e. The van der Waals surface area contributed by atoms with Crippen LogP contribution in [0.2, 0.25) is 0 Å². The predicted molar refractivity (Wildman–Crippen MR) is 86.7 cm³/mol. The molecule has 0 N–H and O–H groups in total. The van der Waals surface area contributed by atoms with E-state index in [2.05, 4.69) is 36.4 Å². The molecule has 0 saturated heterocycles. The molecule has 0 aliphatic rings. The van der Waals surface area contributed by atoms with E-state index in [1.54, 1.807) is 0 Å². The molecule has 2 heteroatoms. The van der Waals surface area contributed by atoms with Gasteiger partial charge in [0, 0.05) is 0 Å². The Morgan fingerprint density at radius 2 is 0.636 bits per heavy atom. The van der Waals surface area contributed by atoms with E-state index in [-0.39, 0.29) is 0 Å². The van der Waals surface area contributed by atoms with Gasteiger partial charge < -0.3 is 0 Å². The predicted octanol–water partition coefficient (Wildman–Crippen LogP) is 4.76. The molecule has 0 saturated carbocycles. The Morgan fingerprint density at radius 1 is 0.409 bits per heavy atom. The van der Waals surface area contributed by atoms with Gasteiger partial charge in [-0.05, 0) is 46.5 Å². The lowest BCUT2D eigenvalue weighted by atomic mass is 9.99. The Balaban J connectivity index is 1.88. The zero-order chi connectivity index (χ0) is 15.4. The molecular formula is C20H12N2. The Labute approximate surface area is 129 Å². The summed E-state index contributed by atoms with van der Waals surface area (Å²) in [6, 6.07) is 27.6. The molecule has 0 aliphatic carbocycles. The number of rotatable bonds is 2. The Morgan fingerprint density at radius 3 is 0.864 bits per heavy atom. The van der Waals surface area contributed by atoms with Crippen LogP contribution in [0.3, 0.4) is 0 Å². The van der Waals surface area contributed by atoms with Crippen LogP contribution >= 0.6 is 0 Å². The van der Waals surface area contributed by atoms with E-state index in [4.69, 9.17) is 10.5 Å². The third kappa shape index (κ3) is 2.73. The lowest BCUT2D eigenvalue weighted by Crippen LogP contribution is -1.82. The van der Waals surface area contributed by atoms with E-state index in [9.17, 15) is 0 Å². The molecule has 3 rings (SSSR count). The summed E-state index contributed by atoms with van der Waals surface area (Å²) in [5.74, 6) is 0. The topological polar surface area (TPSA) is 47.6 Å². The maximum atomic E-state index is 8.83. The summed E-state index contributed by atoms with van der Waals surface area (Å²) >= 11 is 0. The van der Waals surface area contributed by atoms with Gasteiger partial charge in [0.1, 0.15) is 0 Å². The summed E-state index contributed by atoms with van der Waals surface area (Å²) in [6.07, 6.45) is 0. The molecule has 0 fully saturated rings. The summed E-state index contributed by atoms with van der Waals surface area (Å²) in [5, 5.41) is 17.7. The third-order valence-corrected chi connectivity index (χ3v) is 3.58. The van der Waals surface area contributed by atoms with Gasteiger partial charge in [0.2, 0.25) is 0 Å². The Kier molecular flexibility index (Phi) is 3.69. The molecule has 22 heavy (non-hydrogen) atoms. The minimum atomic E-state index is 0.665. The van der Waals surface area contributed by atoms with Gasteiger partial charge in [0.25, 0.3) is 0 Å². The maximum absolute atomic E-state index is 8.83. The molecule has 102 valence electrons. The van der Waals surface area contributed by atoms with Crippen LogP contribution in [0.1, 0.15) is 11.1 Å². The molecule has 3 aromatic rings. The minimum Gasteiger partial charge on any atom is -0.192 e. The van der Waals surface area contributed by atoms with Gasteiger partial charge in [-0.3, -0.25) is 0 Å². The van der Waals surface area contributed by atoms with Gasteiger partial charge in [-0.15, -0.1) is 0 Å². The largest absolute Gasteiger partial charge is 0.192 e. The fraction of sp³-hybridized carbons (Fsp3) is 0. The van der Waals surface area contributed by atoms with E-state index < -0.39 is 0 Å². The molecule has 0 aliphatic heterocycles. The fourth-order valence-electron chi connectivity index (χ4n) is 2.33. The maximum Gasteiger partial charge on any atom is 0.0991 e. The van der Waals surface area contributed by atoms with Crippen LogP contribution in [0.5, 0.6) is 0 Å². The first-order chi connectivity index (χ1) is 10.8. The van der Waals surface area contributed by atoms with Crippen molar-refractivity contribution in [1.29, 1.82) is 10.5 Å². The average molecular weight is 280 g/mol. The zero-order valence-corrected chi connectivity index (χ0v) is 11.8. The lowest BCUT2D eigenvalue weighted by molar-refractivity contribution is 1.48. The highest BCUT2D eigenvalue weighted by Gasteiger charge is 2.01. The number of nitrogens with zero attached hydrogens (tertiary/aromatic N) is 2. The monoisotopic (exact) mass is 280 g/mol. The summed E-state index contributed by atoms with van der Waals surface area (Å²) in [7, 11) is 0. The van der Waals surface area contributed by atoms with E-state index in [1.807, 2.05) is 48.5 Å². The summed E-state index contributed by atoms with van der Waals surface area (Å²) < 4.78 is 0. The highest BCUT2D eigenvalue weighted by atomic mass is 14.2. The van der Waals surface area contributed by atoms with Crippen molar-refractivity contribution >= 4 is 0 Å². The number of benzene rings is 3. The number of hydrogen-bond acceptors (Lipinski definition) is 2. The standard InChI is InChI=1S/C20H12N2/c21-13-15-1-5-17(6-2-15)19-9-11-20(12-10-19)18-7-3-16(14-22)4-8-18/h1-12H. The molecule has 0 amide bonds. The summed E-state index contributed by atoms with van der Waals surface area (Å²) in [6.45, 7) is 0. The number of hydrogen-bond donors (Lipinski definition) is 0. The zero-order valence-electron chi connectivity index (χ0n) is 11.8. The van der Waals surface area contributed by atoms with Crippen LogP contribution < -0.4 is 0 Å². The summed E-state index contributed by atoms with van der Waals surface area (Å²) in [5.41, 5.74) is 5.73. The third-order valence-electron chi connectivity index (χ3n) is 3.58. The van der Waals surface area contributed by atoms with Crippen LogP contribution in [-0.4, -0.2) is 0 Å². The van der Waals surface area contributed by atoms with Gasteiger partial charge in [0.15, 0.2) is 0 Å². The van der Waals surface area contributed by atoms with E-state index in [0.717, 1.165) is 22.3 Å². The molecule has 2 nitrogen and oxygen atoms in total. The first-order valence-electron chi connectivity index (χ1n) is 6.91. The van der Waals surface area contributed by atoms with E-state index >= 15 is 0 Å². The first kappa shape index (κ1) is 13.6. The molecule has 0 bridgehead atoms. The van der Waals surface area contributed by atoms with Crippen LogP contribution in [0.4, 0.5) is 0 Å². The van der Waals surface area contributed by atoms with Gasteiger partial charge in [0.05, 0.1) is 23.3 Å². The molecule has 0 atom stereocenters. The lowest BCUT2D eigenvalue weighted by Gasteiger charge is -2.05. The van der Waals surface area contributed by atoms with E-state index in [0.29, 0.717) is 11.1 Å². The second-order valence-electron chi connectivity index (χ2n) is 4.96. The molecule has 0 unspecified atom stereocenters. The van der Waals surface area contributed by atoms with Crippen molar-refractivity contribution in [1.82, 2.24) is 0 Å².